The van der Waals surface area contributed by atoms with Crippen LogP contribution in [-0.2, 0) is 5.33 Å². The largest absolute Gasteiger partial charge is 0.478 e. The van der Waals surface area contributed by atoms with Gasteiger partial charge in [0, 0.05) is 5.33 Å². The number of halogens is 3. The lowest BCUT2D eigenvalue weighted by atomic mass is 10.1. The molecule has 0 aliphatic heterocycles. The van der Waals surface area contributed by atoms with Crippen LogP contribution in [0.15, 0.2) is 12.1 Å². The SMILES string of the molecule is O=C(O)c1cc(F)c(Cl)cc1CBr. The van der Waals surface area contributed by atoms with Gasteiger partial charge in [-0.3, -0.25) is 0 Å². The number of carboxylic acids is 1. The molecule has 0 radical (unpaired) electrons. The van der Waals surface area contributed by atoms with Crippen molar-refractivity contribution in [3.63, 3.8) is 0 Å². The maximum atomic E-state index is 12.8. The smallest absolute Gasteiger partial charge is 0.336 e. The van der Waals surface area contributed by atoms with Crippen molar-refractivity contribution in [2.24, 2.45) is 0 Å². The quantitative estimate of drug-likeness (QED) is 0.836. The van der Waals surface area contributed by atoms with Gasteiger partial charge in [-0.2, -0.15) is 0 Å². The zero-order valence-corrected chi connectivity index (χ0v) is 8.69. The Balaban J connectivity index is 3.33. The molecule has 1 aromatic rings. The van der Waals surface area contributed by atoms with Crippen molar-refractivity contribution in [3.05, 3.63) is 34.1 Å². The molecule has 1 aromatic carbocycles. The molecule has 0 saturated heterocycles. The topological polar surface area (TPSA) is 37.3 Å². The maximum Gasteiger partial charge on any atom is 0.336 e. The first-order chi connectivity index (χ1) is 6.06. The first kappa shape index (κ1) is 10.5. The molecule has 0 saturated carbocycles. The Bertz CT molecular complexity index is 354. The third-order valence-electron chi connectivity index (χ3n) is 1.52. The van der Waals surface area contributed by atoms with E-state index in [0.29, 0.717) is 10.9 Å². The fourth-order valence-corrected chi connectivity index (χ4v) is 1.55. The maximum absolute atomic E-state index is 12.8. The molecule has 0 aromatic heterocycles. The standard InChI is InChI=1S/C8H5BrClFO2/c9-3-4-1-6(10)7(11)2-5(4)8(12)13/h1-2H,3H2,(H,12,13). The Morgan fingerprint density at radius 2 is 2.23 bits per heavy atom. The van der Waals surface area contributed by atoms with E-state index in [-0.39, 0.29) is 10.6 Å². The van der Waals surface area contributed by atoms with Crippen LogP contribution in [0.3, 0.4) is 0 Å². The van der Waals surface area contributed by atoms with Crippen molar-refractivity contribution in [1.82, 2.24) is 0 Å². The lowest BCUT2D eigenvalue weighted by Gasteiger charge is -2.03. The highest BCUT2D eigenvalue weighted by atomic mass is 79.9. The summed E-state index contributed by atoms with van der Waals surface area (Å²) in [6.45, 7) is 0. The minimum absolute atomic E-state index is 0.0700. The van der Waals surface area contributed by atoms with E-state index in [9.17, 15) is 9.18 Å². The minimum atomic E-state index is -1.16. The van der Waals surface area contributed by atoms with Crippen LogP contribution >= 0.6 is 27.5 Å². The van der Waals surface area contributed by atoms with Crippen molar-refractivity contribution < 1.29 is 14.3 Å². The Hall–Kier alpha value is -0.610. The van der Waals surface area contributed by atoms with E-state index < -0.39 is 11.8 Å². The average Bonchev–Trinajstić information content (AvgIpc) is 2.08. The van der Waals surface area contributed by atoms with E-state index in [0.717, 1.165) is 6.07 Å². The molecule has 0 aliphatic carbocycles. The van der Waals surface area contributed by atoms with E-state index in [2.05, 4.69) is 15.9 Å². The van der Waals surface area contributed by atoms with E-state index >= 15 is 0 Å². The highest BCUT2D eigenvalue weighted by Gasteiger charge is 2.12. The molecule has 1 N–H and O–H groups in total. The molecule has 0 atom stereocenters. The predicted molar refractivity (Wildman–Crippen MR) is 51.0 cm³/mol. The number of hydrogen-bond donors (Lipinski definition) is 1. The number of carbonyl (C=O) groups is 1. The van der Waals surface area contributed by atoms with Gasteiger partial charge in [-0.25, -0.2) is 9.18 Å². The van der Waals surface area contributed by atoms with Crippen LogP contribution in [-0.4, -0.2) is 11.1 Å². The molecular formula is C8H5BrClFO2. The van der Waals surface area contributed by atoms with Gasteiger partial charge in [-0.15, -0.1) is 0 Å². The molecule has 0 unspecified atom stereocenters. The zero-order chi connectivity index (χ0) is 10.0. The molecule has 70 valence electrons. The molecule has 0 spiro atoms. The summed E-state index contributed by atoms with van der Waals surface area (Å²) in [5.41, 5.74) is 0.387. The van der Waals surface area contributed by atoms with Crippen molar-refractivity contribution in [2.45, 2.75) is 5.33 Å². The van der Waals surface area contributed by atoms with Crippen LogP contribution < -0.4 is 0 Å². The first-order valence-electron chi connectivity index (χ1n) is 3.33. The third kappa shape index (κ3) is 2.19. The van der Waals surface area contributed by atoms with Crippen LogP contribution in [0.5, 0.6) is 0 Å². The first-order valence-corrected chi connectivity index (χ1v) is 4.83. The molecule has 5 heteroatoms. The van der Waals surface area contributed by atoms with Gasteiger partial charge < -0.3 is 5.11 Å². The summed E-state index contributed by atoms with van der Waals surface area (Å²) in [6.07, 6.45) is 0. The van der Waals surface area contributed by atoms with Crippen molar-refractivity contribution >= 4 is 33.5 Å². The van der Waals surface area contributed by atoms with Crippen LogP contribution in [0.4, 0.5) is 4.39 Å². The molecule has 0 heterocycles. The van der Waals surface area contributed by atoms with Crippen molar-refractivity contribution in [2.75, 3.05) is 0 Å². The zero-order valence-electron chi connectivity index (χ0n) is 6.35. The molecular weight excluding hydrogens is 262 g/mol. The highest BCUT2D eigenvalue weighted by Crippen LogP contribution is 2.22. The van der Waals surface area contributed by atoms with E-state index in [4.69, 9.17) is 16.7 Å². The molecule has 0 amide bonds. The van der Waals surface area contributed by atoms with Crippen LogP contribution in [0, 0.1) is 5.82 Å². The number of alkyl halides is 1. The van der Waals surface area contributed by atoms with Gasteiger partial charge in [0.15, 0.2) is 0 Å². The lowest BCUT2D eigenvalue weighted by molar-refractivity contribution is 0.0695. The number of carboxylic acid groups (broad SMARTS) is 1. The second kappa shape index (κ2) is 4.07. The Labute approximate surface area is 87.5 Å². The molecule has 0 bridgehead atoms. The lowest BCUT2D eigenvalue weighted by Crippen LogP contribution is -2.02. The summed E-state index contributed by atoms with van der Waals surface area (Å²) in [4.78, 5) is 10.6. The average molecular weight is 267 g/mol. The third-order valence-corrected chi connectivity index (χ3v) is 2.41. The van der Waals surface area contributed by atoms with Gasteiger partial charge in [0.2, 0.25) is 0 Å². The predicted octanol–water partition coefficient (Wildman–Crippen LogP) is 3.07. The van der Waals surface area contributed by atoms with E-state index in [1.807, 2.05) is 0 Å². The fraction of sp³-hybridized carbons (Fsp3) is 0.125. The monoisotopic (exact) mass is 266 g/mol. The Morgan fingerprint density at radius 3 is 2.69 bits per heavy atom. The summed E-state index contributed by atoms with van der Waals surface area (Å²) in [6, 6.07) is 2.22. The summed E-state index contributed by atoms with van der Waals surface area (Å²) in [5, 5.41) is 8.94. The summed E-state index contributed by atoms with van der Waals surface area (Å²) in [7, 11) is 0. The summed E-state index contributed by atoms with van der Waals surface area (Å²) in [5.74, 6) is -1.88. The Morgan fingerprint density at radius 1 is 1.62 bits per heavy atom. The number of aromatic carboxylic acids is 1. The molecule has 0 aliphatic rings. The van der Waals surface area contributed by atoms with Crippen LogP contribution in [0.1, 0.15) is 15.9 Å². The van der Waals surface area contributed by atoms with Crippen LogP contribution in [0.25, 0.3) is 0 Å². The number of rotatable bonds is 2. The number of hydrogen-bond acceptors (Lipinski definition) is 1. The van der Waals surface area contributed by atoms with E-state index in [1.54, 1.807) is 0 Å². The molecule has 1 rings (SSSR count). The van der Waals surface area contributed by atoms with Gasteiger partial charge >= 0.3 is 5.97 Å². The summed E-state index contributed by atoms with van der Waals surface area (Å²) < 4.78 is 12.8. The molecule has 2 nitrogen and oxygen atoms in total. The van der Waals surface area contributed by atoms with Gasteiger partial charge in [0.05, 0.1) is 10.6 Å². The van der Waals surface area contributed by atoms with Gasteiger partial charge in [0.1, 0.15) is 5.82 Å². The van der Waals surface area contributed by atoms with Gasteiger partial charge in [0.25, 0.3) is 0 Å². The minimum Gasteiger partial charge on any atom is -0.478 e. The van der Waals surface area contributed by atoms with Crippen molar-refractivity contribution in [3.8, 4) is 0 Å². The summed E-state index contributed by atoms with van der Waals surface area (Å²) >= 11 is 8.57. The number of benzene rings is 1. The van der Waals surface area contributed by atoms with Gasteiger partial charge in [-0.05, 0) is 17.7 Å². The highest BCUT2D eigenvalue weighted by molar-refractivity contribution is 9.08. The second-order valence-electron chi connectivity index (χ2n) is 2.36. The Kier molecular flexibility index (Phi) is 3.27. The molecule has 0 fully saturated rings. The normalized spacial score (nSPS) is 10.1. The van der Waals surface area contributed by atoms with Crippen molar-refractivity contribution in [1.29, 1.82) is 0 Å². The van der Waals surface area contributed by atoms with Gasteiger partial charge in [-0.1, -0.05) is 27.5 Å². The van der Waals surface area contributed by atoms with Crippen LogP contribution in [0.2, 0.25) is 5.02 Å². The molecule has 13 heavy (non-hydrogen) atoms. The fourth-order valence-electron chi connectivity index (χ4n) is 0.898. The second-order valence-corrected chi connectivity index (χ2v) is 3.33. The van der Waals surface area contributed by atoms with E-state index in [1.165, 1.54) is 6.07 Å².